The molecule has 0 unspecified atom stereocenters. The van der Waals surface area contributed by atoms with Gasteiger partial charge in [0, 0.05) is 6.20 Å². The van der Waals surface area contributed by atoms with Crippen LogP contribution in [0.3, 0.4) is 0 Å². The van der Waals surface area contributed by atoms with Crippen LogP contribution in [-0.2, 0) is 20.2 Å². The van der Waals surface area contributed by atoms with Crippen LogP contribution < -0.4 is 0 Å². The molecule has 1 heterocycles. The van der Waals surface area contributed by atoms with Crippen LogP contribution in [0.5, 0.6) is 0 Å². The average molecular weight is 319 g/mol. The molecule has 0 bridgehead atoms. The smallest absolute Gasteiger partial charge is 0.197 e. The number of benzene rings is 1. The second kappa shape index (κ2) is 6.58. The van der Waals surface area contributed by atoms with Gasteiger partial charge >= 0.3 is 0 Å². The summed E-state index contributed by atoms with van der Waals surface area (Å²) >= 11 is 0. The van der Waals surface area contributed by atoms with Gasteiger partial charge < -0.3 is 4.74 Å². The summed E-state index contributed by atoms with van der Waals surface area (Å²) in [5.74, 6) is -0.0840. The van der Waals surface area contributed by atoms with E-state index in [1.807, 2.05) is 45.0 Å². The number of nitrogens with zero attached hydrogens (tertiary/aromatic N) is 1. The van der Waals surface area contributed by atoms with E-state index in [-0.39, 0.29) is 17.4 Å². The molecule has 0 spiro atoms. The summed E-state index contributed by atoms with van der Waals surface area (Å²) in [4.78, 5) is 3.89. The maximum atomic E-state index is 12.2. The Morgan fingerprint density at radius 3 is 2.41 bits per heavy atom. The van der Waals surface area contributed by atoms with Crippen molar-refractivity contribution < 1.29 is 13.2 Å². The van der Waals surface area contributed by atoms with E-state index >= 15 is 0 Å². The maximum Gasteiger partial charge on any atom is 0.197 e. The van der Waals surface area contributed by atoms with E-state index in [4.69, 9.17) is 4.74 Å². The SMILES string of the molecule is Cc1ccccc1C(C)(C)OCCS(=O)(=O)c1ccccn1. The number of hydrogen-bond donors (Lipinski definition) is 0. The zero-order valence-corrected chi connectivity index (χ0v) is 13.9. The fourth-order valence-corrected chi connectivity index (χ4v) is 3.39. The first kappa shape index (κ1) is 16.6. The van der Waals surface area contributed by atoms with Gasteiger partial charge in [0.15, 0.2) is 14.9 Å². The van der Waals surface area contributed by atoms with E-state index in [2.05, 4.69) is 4.98 Å². The number of ether oxygens (including phenoxy) is 1. The first-order chi connectivity index (χ1) is 10.3. The molecule has 1 aromatic carbocycles. The zero-order chi connectivity index (χ0) is 16.2. The third-order valence-corrected chi connectivity index (χ3v) is 5.15. The zero-order valence-electron chi connectivity index (χ0n) is 13.1. The van der Waals surface area contributed by atoms with E-state index in [0.29, 0.717) is 0 Å². The number of pyridine rings is 1. The highest BCUT2D eigenvalue weighted by Crippen LogP contribution is 2.27. The number of aromatic nitrogens is 1. The van der Waals surface area contributed by atoms with Crippen LogP contribution in [0.2, 0.25) is 0 Å². The maximum absolute atomic E-state index is 12.2. The lowest BCUT2D eigenvalue weighted by molar-refractivity contribution is -0.0133. The predicted molar refractivity (Wildman–Crippen MR) is 86.4 cm³/mol. The van der Waals surface area contributed by atoms with Crippen molar-refractivity contribution in [1.82, 2.24) is 4.98 Å². The molecule has 0 fully saturated rings. The van der Waals surface area contributed by atoms with Crippen LogP contribution in [0.4, 0.5) is 0 Å². The predicted octanol–water partition coefficient (Wildman–Crippen LogP) is 3.12. The van der Waals surface area contributed by atoms with Gasteiger partial charge in [0.05, 0.1) is 18.0 Å². The van der Waals surface area contributed by atoms with Gasteiger partial charge in [-0.05, 0) is 44.0 Å². The van der Waals surface area contributed by atoms with Crippen LogP contribution in [0.25, 0.3) is 0 Å². The standard InChI is InChI=1S/C17H21NO3S/c1-14-8-4-5-9-15(14)17(2,3)21-12-13-22(19,20)16-10-6-7-11-18-16/h4-11H,12-13H2,1-3H3. The van der Waals surface area contributed by atoms with Crippen LogP contribution in [0, 0.1) is 6.92 Å². The molecule has 2 aromatic rings. The molecular weight excluding hydrogens is 298 g/mol. The van der Waals surface area contributed by atoms with Crippen LogP contribution >= 0.6 is 0 Å². The van der Waals surface area contributed by atoms with Crippen molar-refractivity contribution in [2.24, 2.45) is 0 Å². The molecule has 0 amide bonds. The summed E-state index contributed by atoms with van der Waals surface area (Å²) in [6.45, 7) is 6.04. The average Bonchev–Trinajstić information content (AvgIpc) is 2.48. The normalized spacial score (nSPS) is 12.3. The van der Waals surface area contributed by atoms with Gasteiger partial charge in [-0.15, -0.1) is 0 Å². The summed E-state index contributed by atoms with van der Waals surface area (Å²) in [5, 5.41) is 0.0901. The third-order valence-electron chi connectivity index (χ3n) is 3.57. The van der Waals surface area contributed by atoms with Crippen LogP contribution in [0.15, 0.2) is 53.7 Å². The van der Waals surface area contributed by atoms with Gasteiger partial charge in [-0.3, -0.25) is 0 Å². The molecule has 0 atom stereocenters. The summed E-state index contributed by atoms with van der Waals surface area (Å²) in [7, 11) is -3.41. The van der Waals surface area contributed by atoms with Crippen molar-refractivity contribution in [3.8, 4) is 0 Å². The highest BCUT2D eigenvalue weighted by Gasteiger charge is 2.24. The van der Waals surface area contributed by atoms with Crippen LogP contribution in [0.1, 0.15) is 25.0 Å². The number of sulfone groups is 1. The first-order valence-electron chi connectivity index (χ1n) is 7.17. The summed E-state index contributed by atoms with van der Waals surface area (Å²) in [6.07, 6.45) is 1.48. The first-order valence-corrected chi connectivity index (χ1v) is 8.82. The molecule has 0 aliphatic carbocycles. The minimum Gasteiger partial charge on any atom is -0.370 e. The van der Waals surface area contributed by atoms with E-state index < -0.39 is 15.4 Å². The Hall–Kier alpha value is -1.72. The van der Waals surface area contributed by atoms with E-state index in [0.717, 1.165) is 11.1 Å². The molecule has 2 rings (SSSR count). The molecule has 0 aliphatic rings. The minimum absolute atomic E-state index is 0.0840. The Labute approximate surface area is 132 Å². The molecule has 0 radical (unpaired) electrons. The van der Waals surface area contributed by atoms with Crippen molar-refractivity contribution in [1.29, 1.82) is 0 Å². The Bertz CT molecular complexity index is 725. The Morgan fingerprint density at radius 1 is 1.09 bits per heavy atom. The lowest BCUT2D eigenvalue weighted by Crippen LogP contribution is -2.26. The van der Waals surface area contributed by atoms with Gasteiger partial charge in [0.2, 0.25) is 0 Å². The Morgan fingerprint density at radius 2 is 1.77 bits per heavy atom. The fraction of sp³-hybridized carbons (Fsp3) is 0.353. The minimum atomic E-state index is -3.41. The van der Waals surface area contributed by atoms with Gasteiger partial charge in [0.25, 0.3) is 0 Å². The molecule has 0 saturated heterocycles. The van der Waals surface area contributed by atoms with Crippen molar-refractivity contribution in [2.45, 2.75) is 31.4 Å². The Kier molecular flexibility index (Phi) is 4.98. The topological polar surface area (TPSA) is 56.3 Å². The highest BCUT2D eigenvalue weighted by atomic mass is 32.2. The number of rotatable bonds is 6. The van der Waals surface area contributed by atoms with Gasteiger partial charge in [-0.2, -0.15) is 0 Å². The Balaban J connectivity index is 2.03. The second-order valence-electron chi connectivity index (χ2n) is 5.66. The molecule has 1 aromatic heterocycles. The molecule has 22 heavy (non-hydrogen) atoms. The van der Waals surface area contributed by atoms with E-state index in [9.17, 15) is 8.42 Å². The third kappa shape index (κ3) is 3.93. The van der Waals surface area contributed by atoms with Crippen LogP contribution in [-0.4, -0.2) is 25.8 Å². The van der Waals surface area contributed by atoms with Gasteiger partial charge in [-0.25, -0.2) is 13.4 Å². The molecule has 5 heteroatoms. The summed E-state index contributed by atoms with van der Waals surface area (Å²) in [5.41, 5.74) is 1.65. The quantitative estimate of drug-likeness (QED) is 0.821. The van der Waals surface area contributed by atoms with Crippen molar-refractivity contribution >= 4 is 9.84 Å². The molecule has 118 valence electrons. The van der Waals surface area contributed by atoms with E-state index in [1.165, 1.54) is 12.3 Å². The monoisotopic (exact) mass is 319 g/mol. The number of aryl methyl sites for hydroxylation is 1. The molecule has 4 nitrogen and oxygen atoms in total. The largest absolute Gasteiger partial charge is 0.370 e. The van der Waals surface area contributed by atoms with Crippen molar-refractivity contribution in [3.63, 3.8) is 0 Å². The number of hydrogen-bond acceptors (Lipinski definition) is 4. The molecule has 0 aliphatic heterocycles. The highest BCUT2D eigenvalue weighted by molar-refractivity contribution is 7.91. The second-order valence-corrected chi connectivity index (χ2v) is 7.72. The molecular formula is C17H21NO3S. The lowest BCUT2D eigenvalue weighted by atomic mass is 9.94. The van der Waals surface area contributed by atoms with Gasteiger partial charge in [-0.1, -0.05) is 30.3 Å². The van der Waals surface area contributed by atoms with Crippen molar-refractivity contribution in [2.75, 3.05) is 12.4 Å². The van der Waals surface area contributed by atoms with E-state index in [1.54, 1.807) is 12.1 Å². The fourth-order valence-electron chi connectivity index (χ4n) is 2.37. The van der Waals surface area contributed by atoms with Gasteiger partial charge in [0.1, 0.15) is 0 Å². The lowest BCUT2D eigenvalue weighted by Gasteiger charge is -2.27. The molecule has 0 saturated carbocycles. The van der Waals surface area contributed by atoms with Crippen molar-refractivity contribution in [3.05, 3.63) is 59.8 Å². The summed E-state index contributed by atoms with van der Waals surface area (Å²) in [6, 6.07) is 12.8. The molecule has 0 N–H and O–H groups in total. The summed E-state index contributed by atoms with van der Waals surface area (Å²) < 4.78 is 30.2.